The van der Waals surface area contributed by atoms with Crippen molar-refractivity contribution in [3.8, 4) is 0 Å². The summed E-state index contributed by atoms with van der Waals surface area (Å²) in [7, 11) is 0. The Morgan fingerprint density at radius 3 is 2.65 bits per heavy atom. The lowest BCUT2D eigenvalue weighted by atomic mass is 9.77. The highest BCUT2D eigenvalue weighted by Crippen LogP contribution is 2.36. The van der Waals surface area contributed by atoms with Gasteiger partial charge in [0.2, 0.25) is 0 Å². The normalized spacial score (nSPS) is 19.7. The summed E-state index contributed by atoms with van der Waals surface area (Å²) in [6.45, 7) is 6.61. The topological polar surface area (TPSA) is 40.5 Å². The second-order valence-electron chi connectivity index (χ2n) is 5.43. The Balaban J connectivity index is 2.69. The van der Waals surface area contributed by atoms with Crippen molar-refractivity contribution in [2.24, 2.45) is 5.41 Å². The Morgan fingerprint density at radius 1 is 1.41 bits per heavy atom. The van der Waals surface area contributed by atoms with Gasteiger partial charge in [-0.1, -0.05) is 26.0 Å². The van der Waals surface area contributed by atoms with Crippen LogP contribution in [0.1, 0.15) is 52.9 Å². The molecule has 0 atom stereocenters. The Labute approximate surface area is 104 Å². The predicted molar refractivity (Wildman–Crippen MR) is 72.0 cm³/mol. The Kier molecular flexibility index (Phi) is 4.86. The maximum absolute atomic E-state index is 8.71. The Hall–Kier alpha value is -1.18. The van der Waals surface area contributed by atoms with Crippen LogP contribution in [0.2, 0.25) is 0 Å². The first-order chi connectivity index (χ1) is 7.94. The first kappa shape index (κ1) is 13.9. The lowest BCUT2D eigenvalue weighted by Gasteiger charge is -2.28. The third-order valence-electron chi connectivity index (χ3n) is 3.33. The van der Waals surface area contributed by atoms with E-state index in [1.54, 1.807) is 0 Å². The maximum Gasteiger partial charge on any atom is 0.269 e. The van der Waals surface area contributed by atoms with E-state index in [0.29, 0.717) is 11.8 Å². The quantitative estimate of drug-likeness (QED) is 0.688. The summed E-state index contributed by atoms with van der Waals surface area (Å²) in [4.78, 5) is 0. The average molecular weight is 236 g/mol. The van der Waals surface area contributed by atoms with Crippen LogP contribution >= 0.6 is 0 Å². The van der Waals surface area contributed by atoms with E-state index in [1.807, 2.05) is 0 Å². The molecule has 1 aliphatic rings. The summed E-state index contributed by atoms with van der Waals surface area (Å²) in [5, 5.41) is 17.4. The van der Waals surface area contributed by atoms with Gasteiger partial charge in [-0.25, -0.2) is 0 Å². The van der Waals surface area contributed by atoms with Crippen LogP contribution < -0.4 is 0 Å². The molecule has 96 valence electrons. The zero-order chi connectivity index (χ0) is 12.9. The van der Waals surface area contributed by atoms with Crippen LogP contribution in [-0.4, -0.2) is 10.2 Å². The van der Waals surface area contributed by atoms with E-state index in [2.05, 4.69) is 32.9 Å². The molecule has 0 aromatic rings. The molecule has 1 aliphatic carbocycles. The molecule has 0 aromatic heterocycles. The molecule has 0 radical (unpaired) electrons. The molecule has 2 N–H and O–H groups in total. The molecule has 0 aromatic carbocycles. The minimum absolute atomic E-state index is 0.302. The van der Waals surface area contributed by atoms with Crippen molar-refractivity contribution in [2.75, 3.05) is 0 Å². The van der Waals surface area contributed by atoms with Gasteiger partial charge in [0.1, 0.15) is 0 Å². The molecule has 0 bridgehead atoms. The van der Waals surface area contributed by atoms with Crippen LogP contribution in [0, 0.1) is 5.41 Å². The van der Waals surface area contributed by atoms with Crippen molar-refractivity contribution in [1.82, 2.24) is 0 Å². The number of aliphatic hydroxyl groups is 2. The van der Waals surface area contributed by atoms with E-state index in [0.717, 1.165) is 12.8 Å². The maximum atomic E-state index is 8.71. The molecule has 17 heavy (non-hydrogen) atoms. The highest BCUT2D eigenvalue weighted by Gasteiger charge is 2.21. The molecule has 0 amide bonds. The van der Waals surface area contributed by atoms with Gasteiger partial charge in [-0.3, -0.25) is 0 Å². The molecule has 0 saturated heterocycles. The highest BCUT2D eigenvalue weighted by atomic mass is 16.5. The minimum Gasteiger partial charge on any atom is -0.481 e. The predicted octanol–water partition coefficient (Wildman–Crippen LogP) is 4.81. The zero-order valence-corrected chi connectivity index (χ0v) is 11.2. The number of allylic oxidation sites excluding steroid dienone is 5. The van der Waals surface area contributed by atoms with Crippen molar-refractivity contribution in [3.63, 3.8) is 0 Å². The standard InChI is InChI=1S/C15H24O2/c1-4-12(7-5-9-14(16)17)13-8-6-10-15(2,3)11-13/h4,9,11,16-17H,5-8,10H2,1-3H3. The van der Waals surface area contributed by atoms with E-state index in [4.69, 9.17) is 10.2 Å². The fraction of sp³-hybridized carbons (Fsp3) is 0.600. The van der Waals surface area contributed by atoms with Gasteiger partial charge in [0.25, 0.3) is 5.95 Å². The molecule has 0 fully saturated rings. The van der Waals surface area contributed by atoms with Crippen LogP contribution in [0.25, 0.3) is 0 Å². The lowest BCUT2D eigenvalue weighted by molar-refractivity contribution is 0.189. The molecule has 0 spiro atoms. The largest absolute Gasteiger partial charge is 0.481 e. The van der Waals surface area contributed by atoms with E-state index in [1.165, 1.54) is 30.1 Å². The summed E-state index contributed by atoms with van der Waals surface area (Å²) in [5.41, 5.74) is 3.08. The third kappa shape index (κ3) is 4.68. The summed E-state index contributed by atoms with van der Waals surface area (Å²) in [6.07, 6.45) is 11.2. The third-order valence-corrected chi connectivity index (χ3v) is 3.33. The minimum atomic E-state index is -0.571. The van der Waals surface area contributed by atoms with Crippen LogP contribution in [0.5, 0.6) is 0 Å². The van der Waals surface area contributed by atoms with Crippen molar-refractivity contribution in [3.05, 3.63) is 35.3 Å². The van der Waals surface area contributed by atoms with Crippen molar-refractivity contribution in [2.45, 2.75) is 52.9 Å². The van der Waals surface area contributed by atoms with Crippen LogP contribution in [0.15, 0.2) is 35.3 Å². The molecule has 0 aliphatic heterocycles. The van der Waals surface area contributed by atoms with Crippen LogP contribution in [-0.2, 0) is 0 Å². The fourth-order valence-corrected chi connectivity index (χ4v) is 2.45. The van der Waals surface area contributed by atoms with Gasteiger partial charge in [0.05, 0.1) is 0 Å². The number of hydrogen-bond donors (Lipinski definition) is 2. The zero-order valence-electron chi connectivity index (χ0n) is 11.2. The van der Waals surface area contributed by atoms with Crippen LogP contribution in [0.3, 0.4) is 0 Å². The van der Waals surface area contributed by atoms with Crippen molar-refractivity contribution in [1.29, 1.82) is 0 Å². The SMILES string of the molecule is CC=C(CCC=C(O)O)C1=CC(C)(C)CCC1. The fourth-order valence-electron chi connectivity index (χ4n) is 2.45. The molecular formula is C15H24O2. The summed E-state index contributed by atoms with van der Waals surface area (Å²) >= 11 is 0. The van der Waals surface area contributed by atoms with Gasteiger partial charge in [-0.05, 0) is 61.7 Å². The Bertz CT molecular complexity index is 342. The number of hydrogen-bond acceptors (Lipinski definition) is 2. The van der Waals surface area contributed by atoms with Gasteiger partial charge in [-0.15, -0.1) is 0 Å². The van der Waals surface area contributed by atoms with Gasteiger partial charge < -0.3 is 10.2 Å². The molecule has 0 unspecified atom stereocenters. The second-order valence-corrected chi connectivity index (χ2v) is 5.43. The molecule has 1 rings (SSSR count). The summed E-state index contributed by atoms with van der Waals surface area (Å²) in [6, 6.07) is 0. The van der Waals surface area contributed by atoms with E-state index in [9.17, 15) is 0 Å². The lowest BCUT2D eigenvalue weighted by Crippen LogP contribution is -2.14. The monoisotopic (exact) mass is 236 g/mol. The van der Waals surface area contributed by atoms with E-state index < -0.39 is 5.95 Å². The van der Waals surface area contributed by atoms with Gasteiger partial charge in [0.15, 0.2) is 0 Å². The molecule has 2 nitrogen and oxygen atoms in total. The van der Waals surface area contributed by atoms with Crippen molar-refractivity contribution >= 4 is 0 Å². The highest BCUT2D eigenvalue weighted by molar-refractivity contribution is 5.33. The average Bonchev–Trinajstić information content (AvgIpc) is 2.22. The molecule has 0 heterocycles. The first-order valence-electron chi connectivity index (χ1n) is 6.40. The molecule has 2 heteroatoms. The van der Waals surface area contributed by atoms with E-state index >= 15 is 0 Å². The van der Waals surface area contributed by atoms with Gasteiger partial charge >= 0.3 is 0 Å². The van der Waals surface area contributed by atoms with Crippen LogP contribution in [0.4, 0.5) is 0 Å². The van der Waals surface area contributed by atoms with Gasteiger partial charge in [-0.2, -0.15) is 0 Å². The molecular weight excluding hydrogens is 212 g/mol. The molecule has 0 saturated carbocycles. The Morgan fingerprint density at radius 2 is 2.12 bits per heavy atom. The first-order valence-corrected chi connectivity index (χ1v) is 6.40. The summed E-state index contributed by atoms with van der Waals surface area (Å²) in [5.74, 6) is -0.571. The smallest absolute Gasteiger partial charge is 0.269 e. The van der Waals surface area contributed by atoms with Gasteiger partial charge in [0, 0.05) is 0 Å². The number of aliphatic hydroxyl groups excluding tert-OH is 1. The number of rotatable bonds is 4. The van der Waals surface area contributed by atoms with Crippen molar-refractivity contribution < 1.29 is 10.2 Å². The van der Waals surface area contributed by atoms with E-state index in [-0.39, 0.29) is 0 Å². The summed E-state index contributed by atoms with van der Waals surface area (Å²) < 4.78 is 0. The second kappa shape index (κ2) is 5.95.